The van der Waals surface area contributed by atoms with Crippen molar-refractivity contribution in [2.45, 2.75) is 45.7 Å². The summed E-state index contributed by atoms with van der Waals surface area (Å²) in [4.78, 5) is 35.4. The van der Waals surface area contributed by atoms with Crippen LogP contribution in [-0.4, -0.2) is 55.4 Å². The second kappa shape index (κ2) is 9.82. The smallest absolute Gasteiger partial charge is 0.311 e. The van der Waals surface area contributed by atoms with Gasteiger partial charge in [-0.3, -0.25) is 14.7 Å². The van der Waals surface area contributed by atoms with E-state index in [0.29, 0.717) is 12.2 Å². The van der Waals surface area contributed by atoms with Gasteiger partial charge in [0.1, 0.15) is 0 Å². The zero-order valence-corrected chi connectivity index (χ0v) is 20.9. The number of aliphatic imine (C=N–C) groups is 1. The summed E-state index contributed by atoms with van der Waals surface area (Å²) in [5.41, 5.74) is 5.46. The van der Waals surface area contributed by atoms with Gasteiger partial charge in [0.15, 0.2) is 0 Å². The number of urea groups is 1. The average molecular weight is 474 g/mol. The molecule has 2 bridgehead atoms. The van der Waals surface area contributed by atoms with E-state index < -0.39 is 12.2 Å². The third-order valence-electron chi connectivity index (χ3n) is 7.65. The van der Waals surface area contributed by atoms with E-state index in [-0.39, 0.29) is 5.91 Å². The van der Waals surface area contributed by atoms with E-state index in [1.807, 2.05) is 56.3 Å². The van der Waals surface area contributed by atoms with E-state index in [1.54, 1.807) is 11.9 Å². The van der Waals surface area contributed by atoms with Gasteiger partial charge in [-0.05, 0) is 74.6 Å². The molecule has 2 saturated heterocycles. The number of hydrogen-bond donors (Lipinski definition) is 2. The molecule has 6 rings (SSSR count). The molecule has 3 aliphatic heterocycles. The predicted molar refractivity (Wildman–Crippen MR) is 140 cm³/mol. The number of amides is 3. The highest BCUT2D eigenvalue weighted by atomic mass is 16.2. The van der Waals surface area contributed by atoms with Crippen molar-refractivity contribution < 1.29 is 9.59 Å². The molecule has 1 saturated carbocycles. The number of rotatable bonds is 4. The van der Waals surface area contributed by atoms with Gasteiger partial charge in [0, 0.05) is 37.9 Å². The largest absolute Gasteiger partial charge is 0.321 e. The van der Waals surface area contributed by atoms with E-state index in [1.165, 1.54) is 25.7 Å². The van der Waals surface area contributed by atoms with Crippen LogP contribution in [0.3, 0.4) is 0 Å². The fourth-order valence-electron chi connectivity index (χ4n) is 5.89. The van der Waals surface area contributed by atoms with Gasteiger partial charge in [0.05, 0.1) is 11.4 Å². The molecule has 0 spiro atoms. The molecule has 1 aliphatic carbocycles. The third-order valence-corrected chi connectivity index (χ3v) is 7.65. The Morgan fingerprint density at radius 3 is 2.40 bits per heavy atom. The lowest BCUT2D eigenvalue weighted by Crippen LogP contribution is -2.47. The number of likely N-dealkylation sites (N-methyl/N-ethyl adjacent to an activating group) is 1. The molecule has 2 aromatic carbocycles. The van der Waals surface area contributed by atoms with Crippen LogP contribution in [0.4, 0.5) is 16.2 Å². The summed E-state index contributed by atoms with van der Waals surface area (Å²) in [6, 6.07) is 13.2. The number of hydrogen-bond acceptors (Lipinski definition) is 4. The second-order valence-corrected chi connectivity index (χ2v) is 10.4. The van der Waals surface area contributed by atoms with Crippen LogP contribution in [0.2, 0.25) is 0 Å². The Morgan fingerprint density at radius 1 is 1.03 bits per heavy atom. The maximum atomic E-state index is 13.5. The molecule has 3 amide bonds. The summed E-state index contributed by atoms with van der Waals surface area (Å²) >= 11 is 0. The zero-order valence-electron chi connectivity index (χ0n) is 20.9. The topological polar surface area (TPSA) is 77.0 Å². The van der Waals surface area contributed by atoms with Crippen molar-refractivity contribution in [1.82, 2.24) is 10.2 Å². The molecule has 1 unspecified atom stereocenters. The van der Waals surface area contributed by atoms with Crippen LogP contribution in [0.25, 0.3) is 0 Å². The van der Waals surface area contributed by atoms with Crippen LogP contribution >= 0.6 is 0 Å². The van der Waals surface area contributed by atoms with E-state index in [0.717, 1.165) is 53.0 Å². The number of anilines is 2. The first-order valence-corrected chi connectivity index (χ1v) is 12.7. The van der Waals surface area contributed by atoms with Crippen molar-refractivity contribution in [1.29, 1.82) is 0 Å². The van der Waals surface area contributed by atoms with Crippen molar-refractivity contribution in [2.75, 3.05) is 36.9 Å². The number of carbonyl (C=O) groups is 2. The molecule has 2 aromatic rings. The first-order chi connectivity index (χ1) is 16.9. The number of benzene rings is 2. The van der Waals surface area contributed by atoms with Crippen LogP contribution in [0.1, 0.15) is 42.4 Å². The summed E-state index contributed by atoms with van der Waals surface area (Å²) in [7, 11) is 1.77. The number of aryl methyl sites for hydroxylation is 2. The van der Waals surface area contributed by atoms with Gasteiger partial charge < -0.3 is 15.5 Å². The van der Waals surface area contributed by atoms with Crippen LogP contribution in [0.5, 0.6) is 0 Å². The van der Waals surface area contributed by atoms with E-state index in [4.69, 9.17) is 4.99 Å². The van der Waals surface area contributed by atoms with Gasteiger partial charge in [-0.15, -0.1) is 0 Å². The van der Waals surface area contributed by atoms with Gasteiger partial charge >= 0.3 is 6.03 Å². The summed E-state index contributed by atoms with van der Waals surface area (Å²) in [6.07, 6.45) is 4.26. The molecule has 7 heteroatoms. The SMILES string of the molecule is Cc1cccc(NC(=O)NC2N=C(CN3CC4CCC(CC4)C3)c3cccc(C)c3N(C)C2=O)c1. The highest BCUT2D eigenvalue weighted by molar-refractivity contribution is 6.14. The lowest BCUT2D eigenvalue weighted by Gasteiger charge is -2.25. The molecule has 35 heavy (non-hydrogen) atoms. The maximum Gasteiger partial charge on any atom is 0.321 e. The Labute approximate surface area is 207 Å². The number of nitrogens with one attached hydrogen (secondary N) is 2. The highest BCUT2D eigenvalue weighted by Crippen LogP contribution is 2.35. The molecule has 3 heterocycles. The Morgan fingerprint density at radius 2 is 1.71 bits per heavy atom. The van der Waals surface area contributed by atoms with E-state index in [2.05, 4.69) is 15.5 Å². The van der Waals surface area contributed by atoms with Crippen LogP contribution in [-0.2, 0) is 4.79 Å². The predicted octanol–water partition coefficient (Wildman–Crippen LogP) is 4.34. The number of fused-ring (bicyclic) bond motifs is 5. The minimum atomic E-state index is -0.990. The molecule has 184 valence electrons. The fraction of sp³-hybridized carbons (Fsp3) is 0.464. The van der Waals surface area contributed by atoms with Crippen molar-refractivity contribution in [3.63, 3.8) is 0 Å². The molecular formula is C28H35N5O2. The lowest BCUT2D eigenvalue weighted by molar-refractivity contribution is -0.119. The first kappa shape index (κ1) is 23.5. The molecule has 2 N–H and O–H groups in total. The Bertz CT molecular complexity index is 1140. The molecular weight excluding hydrogens is 438 g/mol. The number of benzodiazepines with no additional fused rings is 1. The molecule has 1 atom stereocenters. The standard InChI is InChI=1S/C28H35N5O2/c1-18-6-4-8-22(14-18)29-28(35)31-26-27(34)32(3)25-19(2)7-5-9-23(25)24(30-26)17-33-15-20-10-11-21(16-33)13-12-20/h4-9,14,20-21,26H,10-13,15-17H2,1-3H3,(H2,29,31,35). The summed E-state index contributed by atoms with van der Waals surface area (Å²) in [5.74, 6) is 1.25. The molecule has 7 nitrogen and oxygen atoms in total. The number of para-hydroxylation sites is 1. The van der Waals surface area contributed by atoms with Gasteiger partial charge in [0.2, 0.25) is 6.17 Å². The summed E-state index contributed by atoms with van der Waals surface area (Å²) in [5, 5.41) is 5.67. The average Bonchev–Trinajstić information content (AvgIpc) is 3.18. The maximum absolute atomic E-state index is 13.5. The summed E-state index contributed by atoms with van der Waals surface area (Å²) < 4.78 is 0. The highest BCUT2D eigenvalue weighted by Gasteiger charge is 2.34. The number of carbonyl (C=O) groups excluding carboxylic acids is 2. The lowest BCUT2D eigenvalue weighted by atomic mass is 9.84. The number of nitrogens with zero attached hydrogens (tertiary/aromatic N) is 3. The van der Waals surface area contributed by atoms with Gasteiger partial charge in [0.25, 0.3) is 5.91 Å². The first-order valence-electron chi connectivity index (χ1n) is 12.7. The Balaban J connectivity index is 1.43. The normalized spacial score (nSPS) is 24.3. The summed E-state index contributed by atoms with van der Waals surface area (Å²) in [6.45, 7) is 6.82. The monoisotopic (exact) mass is 473 g/mol. The zero-order chi connectivity index (χ0) is 24.5. The second-order valence-electron chi connectivity index (χ2n) is 10.4. The molecule has 0 aromatic heterocycles. The quantitative estimate of drug-likeness (QED) is 0.694. The van der Waals surface area contributed by atoms with E-state index >= 15 is 0 Å². The van der Waals surface area contributed by atoms with E-state index in [9.17, 15) is 9.59 Å². The van der Waals surface area contributed by atoms with Gasteiger partial charge in [-0.1, -0.05) is 30.3 Å². The van der Waals surface area contributed by atoms with Gasteiger partial charge in [-0.2, -0.15) is 0 Å². The Hall–Kier alpha value is -3.19. The van der Waals surface area contributed by atoms with Crippen molar-refractivity contribution in [2.24, 2.45) is 16.8 Å². The van der Waals surface area contributed by atoms with Crippen molar-refractivity contribution in [3.8, 4) is 0 Å². The van der Waals surface area contributed by atoms with Gasteiger partial charge in [-0.25, -0.2) is 4.79 Å². The third kappa shape index (κ3) is 5.10. The minimum absolute atomic E-state index is 0.245. The van der Waals surface area contributed by atoms with Crippen molar-refractivity contribution in [3.05, 3.63) is 59.2 Å². The Kier molecular flexibility index (Phi) is 6.60. The fourth-order valence-corrected chi connectivity index (χ4v) is 5.89. The molecule has 0 radical (unpaired) electrons. The molecule has 4 aliphatic rings. The van der Waals surface area contributed by atoms with Crippen LogP contribution < -0.4 is 15.5 Å². The van der Waals surface area contributed by atoms with Crippen molar-refractivity contribution >= 4 is 29.0 Å². The minimum Gasteiger partial charge on any atom is -0.311 e. The molecule has 3 fully saturated rings. The van der Waals surface area contributed by atoms with Crippen LogP contribution in [0, 0.1) is 25.7 Å². The van der Waals surface area contributed by atoms with Crippen LogP contribution in [0.15, 0.2) is 47.5 Å².